The molecule has 4 nitrogen and oxygen atoms in total. The molecule has 124 valence electrons. The predicted molar refractivity (Wildman–Crippen MR) is 99.5 cm³/mol. The second-order valence-electron chi connectivity index (χ2n) is 5.28. The van der Waals surface area contributed by atoms with Gasteiger partial charge in [0.25, 0.3) is 5.91 Å². The Kier molecular flexibility index (Phi) is 7.48. The number of carbonyl (C=O) groups is 1. The first-order chi connectivity index (χ1) is 10.1. The lowest BCUT2D eigenvalue weighted by Crippen LogP contribution is -2.32. The molecular formula is C16H18BrCl2N3O. The third-order valence-electron chi connectivity index (χ3n) is 3.83. The number of pyridine rings is 1. The van der Waals surface area contributed by atoms with Gasteiger partial charge in [-0.2, -0.15) is 0 Å². The molecular weight excluding hydrogens is 401 g/mol. The van der Waals surface area contributed by atoms with Crippen LogP contribution < -0.4 is 5.73 Å². The lowest BCUT2D eigenvalue weighted by molar-refractivity contribution is 0.0788. The molecule has 0 radical (unpaired) electrons. The number of nitrogens with zero attached hydrogens (tertiary/aromatic N) is 2. The molecule has 2 atom stereocenters. The van der Waals surface area contributed by atoms with Crippen LogP contribution in [0, 0.1) is 0 Å². The topological polar surface area (TPSA) is 59.2 Å². The molecule has 1 fully saturated rings. The fraction of sp³-hybridized carbons (Fsp3) is 0.250. The molecule has 2 heterocycles. The second-order valence-corrected chi connectivity index (χ2v) is 6.20. The summed E-state index contributed by atoms with van der Waals surface area (Å²) in [7, 11) is 0. The van der Waals surface area contributed by atoms with Gasteiger partial charge in [-0.3, -0.25) is 9.78 Å². The lowest BCUT2D eigenvalue weighted by Gasteiger charge is -2.16. The fourth-order valence-electron chi connectivity index (χ4n) is 2.76. The summed E-state index contributed by atoms with van der Waals surface area (Å²) < 4.78 is 0.802. The number of hydrogen-bond donors (Lipinski definition) is 1. The Morgan fingerprint density at radius 3 is 2.52 bits per heavy atom. The fourth-order valence-corrected chi connectivity index (χ4v) is 3.12. The summed E-state index contributed by atoms with van der Waals surface area (Å²) in [6.45, 7) is 1.22. The summed E-state index contributed by atoms with van der Waals surface area (Å²) in [6, 6.07) is 11.9. The van der Waals surface area contributed by atoms with E-state index in [1.165, 1.54) is 5.56 Å². The number of carbonyl (C=O) groups excluding carboxylic acids is 1. The van der Waals surface area contributed by atoms with Crippen LogP contribution in [0.25, 0.3) is 0 Å². The Labute approximate surface area is 156 Å². The molecule has 0 unspecified atom stereocenters. The van der Waals surface area contributed by atoms with Gasteiger partial charge < -0.3 is 10.6 Å². The SMILES string of the molecule is Cl.Cl.N[C@@H]1CN(C(=O)c2cncc(Br)c2)C[C@H]1c1ccccc1. The number of amides is 1. The second kappa shape index (κ2) is 8.64. The average Bonchev–Trinajstić information content (AvgIpc) is 2.89. The van der Waals surface area contributed by atoms with Gasteiger partial charge in [0.05, 0.1) is 5.56 Å². The third-order valence-corrected chi connectivity index (χ3v) is 4.27. The van der Waals surface area contributed by atoms with Crippen LogP contribution in [0.1, 0.15) is 21.8 Å². The van der Waals surface area contributed by atoms with Gasteiger partial charge in [0.2, 0.25) is 0 Å². The standard InChI is InChI=1S/C16H16BrN3O.2ClH/c17-13-6-12(7-19-8-13)16(21)20-9-14(15(18)10-20)11-4-2-1-3-5-11;;/h1-8,14-15H,9-10,18H2;2*1H/t14-,15+;;/m0../s1. The Morgan fingerprint density at radius 1 is 1.17 bits per heavy atom. The Bertz CT molecular complexity index is 657. The van der Waals surface area contributed by atoms with Gasteiger partial charge in [0.1, 0.15) is 0 Å². The Balaban J connectivity index is 0.00000132. The maximum Gasteiger partial charge on any atom is 0.255 e. The minimum Gasteiger partial charge on any atom is -0.336 e. The first-order valence-electron chi connectivity index (χ1n) is 6.85. The van der Waals surface area contributed by atoms with Gasteiger partial charge in [0.15, 0.2) is 0 Å². The van der Waals surface area contributed by atoms with Crippen molar-refractivity contribution in [1.82, 2.24) is 9.88 Å². The number of nitrogens with two attached hydrogens (primary N) is 1. The van der Waals surface area contributed by atoms with E-state index < -0.39 is 0 Å². The van der Waals surface area contributed by atoms with Crippen LogP contribution in [0.4, 0.5) is 0 Å². The highest BCUT2D eigenvalue weighted by Crippen LogP contribution is 2.27. The van der Waals surface area contributed by atoms with E-state index in [0.29, 0.717) is 18.7 Å². The number of halogens is 3. The van der Waals surface area contributed by atoms with E-state index in [9.17, 15) is 4.79 Å². The molecule has 1 aliphatic rings. The van der Waals surface area contributed by atoms with Gasteiger partial charge in [-0.05, 0) is 27.6 Å². The largest absolute Gasteiger partial charge is 0.336 e. The van der Waals surface area contributed by atoms with E-state index in [2.05, 4.69) is 33.0 Å². The summed E-state index contributed by atoms with van der Waals surface area (Å²) >= 11 is 3.34. The third kappa shape index (κ3) is 4.44. The first-order valence-corrected chi connectivity index (χ1v) is 7.65. The van der Waals surface area contributed by atoms with E-state index in [0.717, 1.165) is 4.47 Å². The van der Waals surface area contributed by atoms with Crippen molar-refractivity contribution in [1.29, 1.82) is 0 Å². The molecule has 23 heavy (non-hydrogen) atoms. The summed E-state index contributed by atoms with van der Waals surface area (Å²) in [4.78, 5) is 18.4. The molecule has 1 aromatic heterocycles. The molecule has 1 amide bonds. The molecule has 3 rings (SSSR count). The van der Waals surface area contributed by atoms with Crippen LogP contribution in [0.3, 0.4) is 0 Å². The normalized spacial score (nSPS) is 19.7. The highest BCUT2D eigenvalue weighted by Gasteiger charge is 2.34. The van der Waals surface area contributed by atoms with Crippen molar-refractivity contribution in [2.75, 3.05) is 13.1 Å². The molecule has 2 N–H and O–H groups in total. The Hall–Kier alpha value is -1.14. The highest BCUT2D eigenvalue weighted by molar-refractivity contribution is 9.10. The molecule has 0 bridgehead atoms. The van der Waals surface area contributed by atoms with Crippen LogP contribution >= 0.6 is 40.7 Å². The van der Waals surface area contributed by atoms with Crippen LogP contribution in [0.5, 0.6) is 0 Å². The van der Waals surface area contributed by atoms with E-state index in [1.54, 1.807) is 18.5 Å². The molecule has 0 saturated carbocycles. The molecule has 0 spiro atoms. The van der Waals surface area contributed by atoms with Gasteiger partial charge in [0, 0.05) is 41.9 Å². The smallest absolute Gasteiger partial charge is 0.255 e. The average molecular weight is 419 g/mol. The van der Waals surface area contributed by atoms with Crippen molar-refractivity contribution in [3.05, 3.63) is 64.4 Å². The number of hydrogen-bond acceptors (Lipinski definition) is 3. The molecule has 2 aromatic rings. The molecule has 0 aliphatic carbocycles. The van der Waals surface area contributed by atoms with Crippen molar-refractivity contribution in [2.45, 2.75) is 12.0 Å². The Morgan fingerprint density at radius 2 is 1.87 bits per heavy atom. The van der Waals surface area contributed by atoms with Crippen molar-refractivity contribution in [3.8, 4) is 0 Å². The van der Waals surface area contributed by atoms with Gasteiger partial charge in [-0.15, -0.1) is 24.8 Å². The summed E-state index contributed by atoms with van der Waals surface area (Å²) in [5.41, 5.74) is 8.00. The number of rotatable bonds is 2. The maximum atomic E-state index is 12.5. The van der Waals surface area contributed by atoms with Crippen molar-refractivity contribution < 1.29 is 4.79 Å². The first kappa shape index (κ1) is 19.9. The van der Waals surface area contributed by atoms with E-state index in [-0.39, 0.29) is 42.7 Å². The predicted octanol–water partition coefficient (Wildman–Crippen LogP) is 3.25. The summed E-state index contributed by atoms with van der Waals surface area (Å²) in [5.74, 6) is 0.174. The minimum atomic E-state index is -0.0311. The molecule has 1 saturated heterocycles. The zero-order valence-corrected chi connectivity index (χ0v) is 15.5. The lowest BCUT2D eigenvalue weighted by atomic mass is 9.95. The van der Waals surface area contributed by atoms with E-state index in [4.69, 9.17) is 5.73 Å². The van der Waals surface area contributed by atoms with E-state index in [1.807, 2.05) is 23.1 Å². The minimum absolute atomic E-state index is 0. The quantitative estimate of drug-likeness (QED) is 0.814. The monoisotopic (exact) mass is 417 g/mol. The van der Waals surface area contributed by atoms with Gasteiger partial charge in [-0.25, -0.2) is 0 Å². The van der Waals surface area contributed by atoms with Crippen LogP contribution in [-0.4, -0.2) is 34.9 Å². The van der Waals surface area contributed by atoms with Crippen molar-refractivity contribution >= 4 is 46.7 Å². The van der Waals surface area contributed by atoms with Crippen LogP contribution in [0.2, 0.25) is 0 Å². The molecule has 1 aliphatic heterocycles. The van der Waals surface area contributed by atoms with Gasteiger partial charge >= 0.3 is 0 Å². The van der Waals surface area contributed by atoms with Gasteiger partial charge in [-0.1, -0.05) is 30.3 Å². The van der Waals surface area contributed by atoms with E-state index >= 15 is 0 Å². The maximum absolute atomic E-state index is 12.5. The zero-order chi connectivity index (χ0) is 14.8. The van der Waals surface area contributed by atoms with Crippen LogP contribution in [0.15, 0.2) is 53.3 Å². The summed E-state index contributed by atoms with van der Waals surface area (Å²) in [6.07, 6.45) is 3.26. The molecule has 1 aromatic carbocycles. The van der Waals surface area contributed by atoms with Crippen molar-refractivity contribution in [3.63, 3.8) is 0 Å². The highest BCUT2D eigenvalue weighted by atomic mass is 79.9. The number of likely N-dealkylation sites (tertiary alicyclic amines) is 1. The number of aromatic nitrogens is 1. The molecule has 7 heteroatoms. The van der Waals surface area contributed by atoms with Crippen LogP contribution in [-0.2, 0) is 0 Å². The zero-order valence-electron chi connectivity index (χ0n) is 12.3. The van der Waals surface area contributed by atoms with Crippen molar-refractivity contribution in [2.24, 2.45) is 5.73 Å². The number of benzene rings is 1. The summed E-state index contributed by atoms with van der Waals surface area (Å²) in [5, 5.41) is 0.